The molecule has 24 heavy (non-hydrogen) atoms. The predicted molar refractivity (Wildman–Crippen MR) is 88.7 cm³/mol. The third kappa shape index (κ3) is 2.95. The predicted octanol–water partition coefficient (Wildman–Crippen LogP) is 3.96. The number of hydrogen-bond donors (Lipinski definition) is 1. The molecular formula is C18H18FN3O2. The minimum Gasteiger partial charge on any atom is -0.361 e. The van der Waals surface area contributed by atoms with E-state index >= 15 is 0 Å². The molecule has 3 aromatic rings. The summed E-state index contributed by atoms with van der Waals surface area (Å²) in [5.41, 5.74) is 2.30. The second-order valence-corrected chi connectivity index (χ2v) is 5.70. The first-order chi connectivity index (χ1) is 11.5. The molecule has 5 nitrogen and oxygen atoms in total. The first kappa shape index (κ1) is 16.0. The van der Waals surface area contributed by atoms with E-state index in [9.17, 15) is 9.18 Å². The van der Waals surface area contributed by atoms with Gasteiger partial charge in [-0.25, -0.2) is 4.39 Å². The number of anilines is 1. The first-order valence-corrected chi connectivity index (χ1v) is 7.64. The normalized spacial score (nSPS) is 12.2. The molecular weight excluding hydrogens is 309 g/mol. The van der Waals surface area contributed by atoms with Crippen LogP contribution < -0.4 is 5.32 Å². The Bertz CT molecular complexity index is 849. The molecule has 0 saturated heterocycles. The SMILES string of the molecule is Cc1noc(C)c1[C@H](C)C(=O)Nc1cc(-n2cccc2)ccc1F. The summed E-state index contributed by atoms with van der Waals surface area (Å²) >= 11 is 0. The number of benzene rings is 1. The summed E-state index contributed by atoms with van der Waals surface area (Å²) in [6.07, 6.45) is 3.71. The zero-order valence-electron chi connectivity index (χ0n) is 13.7. The Morgan fingerprint density at radius 3 is 2.62 bits per heavy atom. The summed E-state index contributed by atoms with van der Waals surface area (Å²) in [6, 6.07) is 8.35. The van der Waals surface area contributed by atoms with Crippen molar-refractivity contribution in [2.45, 2.75) is 26.7 Å². The van der Waals surface area contributed by atoms with Crippen LogP contribution in [0.5, 0.6) is 0 Å². The minimum atomic E-state index is -0.495. The fourth-order valence-electron chi connectivity index (χ4n) is 2.76. The number of hydrogen-bond acceptors (Lipinski definition) is 3. The summed E-state index contributed by atoms with van der Waals surface area (Å²) in [4.78, 5) is 12.5. The largest absolute Gasteiger partial charge is 0.361 e. The maximum Gasteiger partial charge on any atom is 0.231 e. The Balaban J connectivity index is 1.85. The Hall–Kier alpha value is -2.89. The molecule has 0 aliphatic carbocycles. The van der Waals surface area contributed by atoms with Crippen molar-refractivity contribution in [1.82, 2.24) is 9.72 Å². The molecule has 0 saturated carbocycles. The molecule has 0 fully saturated rings. The summed E-state index contributed by atoms with van der Waals surface area (Å²) in [5, 5.41) is 6.52. The number of aromatic nitrogens is 2. The van der Waals surface area contributed by atoms with Gasteiger partial charge in [0, 0.05) is 23.6 Å². The molecule has 0 radical (unpaired) electrons. The van der Waals surface area contributed by atoms with Crippen LogP contribution in [0.2, 0.25) is 0 Å². The van der Waals surface area contributed by atoms with E-state index in [-0.39, 0.29) is 11.6 Å². The van der Waals surface area contributed by atoms with Crippen LogP contribution in [0.25, 0.3) is 5.69 Å². The molecule has 0 spiro atoms. The highest BCUT2D eigenvalue weighted by Crippen LogP contribution is 2.26. The van der Waals surface area contributed by atoms with Gasteiger partial charge in [-0.3, -0.25) is 4.79 Å². The Morgan fingerprint density at radius 2 is 2.00 bits per heavy atom. The number of nitrogens with one attached hydrogen (secondary N) is 1. The first-order valence-electron chi connectivity index (χ1n) is 7.64. The van der Waals surface area contributed by atoms with E-state index in [0.717, 1.165) is 11.3 Å². The zero-order valence-corrected chi connectivity index (χ0v) is 13.7. The Kier molecular flexibility index (Phi) is 4.20. The molecule has 0 bridgehead atoms. The quantitative estimate of drug-likeness (QED) is 0.789. The fourth-order valence-corrected chi connectivity index (χ4v) is 2.76. The number of amides is 1. The number of carbonyl (C=O) groups excluding carboxylic acids is 1. The average Bonchev–Trinajstić information content (AvgIpc) is 3.19. The van der Waals surface area contributed by atoms with Crippen LogP contribution in [0.15, 0.2) is 47.2 Å². The number of halogens is 1. The lowest BCUT2D eigenvalue weighted by Gasteiger charge is -2.14. The number of nitrogens with zero attached hydrogens (tertiary/aromatic N) is 2. The second-order valence-electron chi connectivity index (χ2n) is 5.70. The Morgan fingerprint density at radius 1 is 1.29 bits per heavy atom. The van der Waals surface area contributed by atoms with Crippen LogP contribution >= 0.6 is 0 Å². The molecule has 2 aromatic heterocycles. The maximum atomic E-state index is 14.1. The molecule has 2 heterocycles. The molecule has 1 amide bonds. The lowest BCUT2D eigenvalue weighted by molar-refractivity contribution is -0.117. The van der Waals surface area contributed by atoms with Crippen molar-refractivity contribution in [2.75, 3.05) is 5.32 Å². The van der Waals surface area contributed by atoms with Gasteiger partial charge in [0.1, 0.15) is 11.6 Å². The van der Waals surface area contributed by atoms with Crippen LogP contribution in [0.1, 0.15) is 29.9 Å². The van der Waals surface area contributed by atoms with E-state index in [4.69, 9.17) is 4.52 Å². The molecule has 1 aromatic carbocycles. The monoisotopic (exact) mass is 327 g/mol. The highest BCUT2D eigenvalue weighted by atomic mass is 19.1. The van der Waals surface area contributed by atoms with Crippen LogP contribution in [-0.2, 0) is 4.79 Å². The molecule has 0 aliphatic heterocycles. The number of rotatable bonds is 4. The third-order valence-electron chi connectivity index (χ3n) is 4.03. The van der Waals surface area contributed by atoms with Crippen LogP contribution in [0, 0.1) is 19.7 Å². The second kappa shape index (κ2) is 6.31. The maximum absolute atomic E-state index is 14.1. The molecule has 0 aliphatic rings. The molecule has 6 heteroatoms. The standard InChI is InChI=1S/C18H18FN3O2/c1-11(17-12(2)21-24-13(17)3)18(23)20-16-10-14(6-7-15(16)19)22-8-4-5-9-22/h4-11H,1-3H3,(H,20,23)/t11-/m0/s1. The fraction of sp³-hybridized carbons (Fsp3) is 0.222. The van der Waals surface area contributed by atoms with Gasteiger partial charge < -0.3 is 14.4 Å². The summed E-state index contributed by atoms with van der Waals surface area (Å²) in [5.74, 6) is -0.694. The summed E-state index contributed by atoms with van der Waals surface area (Å²) < 4.78 is 21.0. The summed E-state index contributed by atoms with van der Waals surface area (Å²) in [6.45, 7) is 5.28. The number of aryl methyl sites for hydroxylation is 2. The van der Waals surface area contributed by atoms with Gasteiger partial charge in [-0.15, -0.1) is 0 Å². The van der Waals surface area contributed by atoms with E-state index < -0.39 is 11.7 Å². The topological polar surface area (TPSA) is 60.1 Å². The van der Waals surface area contributed by atoms with Gasteiger partial charge in [0.2, 0.25) is 5.91 Å². The lowest BCUT2D eigenvalue weighted by atomic mass is 9.98. The summed E-state index contributed by atoms with van der Waals surface area (Å²) in [7, 11) is 0. The smallest absolute Gasteiger partial charge is 0.231 e. The third-order valence-corrected chi connectivity index (χ3v) is 4.03. The van der Waals surface area contributed by atoms with Gasteiger partial charge in [0.25, 0.3) is 0 Å². The highest BCUT2D eigenvalue weighted by molar-refractivity contribution is 5.96. The van der Waals surface area contributed by atoms with E-state index in [0.29, 0.717) is 11.5 Å². The van der Waals surface area contributed by atoms with Crippen molar-refractivity contribution in [3.8, 4) is 5.69 Å². The van der Waals surface area contributed by atoms with E-state index in [1.54, 1.807) is 32.9 Å². The molecule has 0 unspecified atom stereocenters. The molecule has 124 valence electrons. The van der Waals surface area contributed by atoms with Gasteiger partial charge in [0.05, 0.1) is 17.3 Å². The number of carbonyl (C=O) groups is 1. The van der Waals surface area contributed by atoms with Gasteiger partial charge in [-0.1, -0.05) is 5.16 Å². The zero-order chi connectivity index (χ0) is 17.3. The lowest BCUT2D eigenvalue weighted by Crippen LogP contribution is -2.20. The van der Waals surface area contributed by atoms with Crippen molar-refractivity contribution < 1.29 is 13.7 Å². The van der Waals surface area contributed by atoms with Crippen molar-refractivity contribution in [3.05, 3.63) is 65.6 Å². The molecule has 1 atom stereocenters. The van der Waals surface area contributed by atoms with Crippen LogP contribution in [0.3, 0.4) is 0 Å². The van der Waals surface area contributed by atoms with Gasteiger partial charge in [-0.2, -0.15) is 0 Å². The Labute approximate surface area is 139 Å². The van der Waals surface area contributed by atoms with E-state index in [1.165, 1.54) is 6.07 Å². The van der Waals surface area contributed by atoms with Gasteiger partial charge in [-0.05, 0) is 51.1 Å². The van der Waals surface area contributed by atoms with Gasteiger partial charge in [0.15, 0.2) is 0 Å². The minimum absolute atomic E-state index is 0.143. The van der Waals surface area contributed by atoms with Crippen LogP contribution in [-0.4, -0.2) is 15.6 Å². The molecule has 3 rings (SSSR count). The van der Waals surface area contributed by atoms with Crippen LogP contribution in [0.4, 0.5) is 10.1 Å². The van der Waals surface area contributed by atoms with E-state index in [1.807, 2.05) is 29.1 Å². The average molecular weight is 327 g/mol. The van der Waals surface area contributed by atoms with Gasteiger partial charge >= 0.3 is 0 Å². The molecule has 1 N–H and O–H groups in total. The van der Waals surface area contributed by atoms with E-state index in [2.05, 4.69) is 10.5 Å². The van der Waals surface area contributed by atoms with Crippen molar-refractivity contribution in [2.24, 2.45) is 0 Å². The van der Waals surface area contributed by atoms with Crippen molar-refractivity contribution >= 4 is 11.6 Å². The van der Waals surface area contributed by atoms with Crippen molar-refractivity contribution in [1.29, 1.82) is 0 Å². The highest BCUT2D eigenvalue weighted by Gasteiger charge is 2.23. The van der Waals surface area contributed by atoms with Crippen molar-refractivity contribution in [3.63, 3.8) is 0 Å².